The monoisotopic (exact) mass is 269 g/mol. The van der Waals surface area contributed by atoms with Gasteiger partial charge in [0.2, 0.25) is 0 Å². The van der Waals surface area contributed by atoms with Crippen LogP contribution >= 0.6 is 0 Å². The third-order valence-electron chi connectivity index (χ3n) is 4.38. The van der Waals surface area contributed by atoms with E-state index in [0.717, 1.165) is 24.4 Å². The molecule has 1 N–H and O–H groups in total. The normalized spacial score (nSPS) is 24.9. The van der Waals surface area contributed by atoms with E-state index in [-0.39, 0.29) is 0 Å². The molecule has 1 atom stereocenters. The van der Waals surface area contributed by atoms with Crippen molar-refractivity contribution >= 4 is 5.82 Å². The van der Waals surface area contributed by atoms with Gasteiger partial charge in [-0.15, -0.1) is 0 Å². The molecule has 5 heteroatoms. The van der Waals surface area contributed by atoms with E-state index in [2.05, 4.69) is 10.4 Å². The van der Waals surface area contributed by atoms with Crippen molar-refractivity contribution in [2.24, 2.45) is 0 Å². The Hall–Kier alpha value is -1.13. The number of nitrogens with one attached hydrogen (secondary N) is 1. The van der Waals surface area contributed by atoms with E-state index in [4.69, 9.17) is 0 Å². The second kappa shape index (κ2) is 5.47. The first-order valence-electron chi connectivity index (χ1n) is 7.37. The zero-order chi connectivity index (χ0) is 13.2. The molecule has 0 bridgehead atoms. The minimum atomic E-state index is -2.33. The maximum Gasteiger partial charge on any atom is 0.260 e. The first kappa shape index (κ1) is 12.9. The topological polar surface area (TPSA) is 29.9 Å². The number of alkyl halides is 2. The number of aromatic nitrogens is 2. The fourth-order valence-electron chi connectivity index (χ4n) is 3.28. The van der Waals surface area contributed by atoms with E-state index < -0.39 is 12.5 Å². The Morgan fingerprint density at radius 3 is 2.58 bits per heavy atom. The Balaban J connectivity index is 1.84. The first-order valence-corrected chi connectivity index (χ1v) is 7.37. The van der Waals surface area contributed by atoms with Crippen LogP contribution in [0.1, 0.15) is 62.6 Å². The molecule has 1 aliphatic carbocycles. The number of fused-ring (bicyclic) bond motifs is 1. The number of hydrogen-bond acceptors (Lipinski definition) is 2. The SMILES string of the molecule is FC(F)C1CCNc2cc(C3CCCCCC3)nn21. The molecule has 1 aromatic rings. The van der Waals surface area contributed by atoms with Crippen LogP contribution in [0.2, 0.25) is 0 Å². The molecular formula is C14H21F2N3. The number of nitrogens with zero attached hydrogens (tertiary/aromatic N) is 2. The second-order valence-electron chi connectivity index (χ2n) is 5.70. The highest BCUT2D eigenvalue weighted by atomic mass is 19.3. The molecule has 1 aromatic heterocycles. The van der Waals surface area contributed by atoms with Gasteiger partial charge in [-0.3, -0.25) is 0 Å². The molecule has 3 rings (SSSR count). The van der Waals surface area contributed by atoms with Crippen molar-refractivity contribution < 1.29 is 8.78 Å². The number of hydrogen-bond donors (Lipinski definition) is 1. The van der Waals surface area contributed by atoms with Crippen LogP contribution in [0, 0.1) is 0 Å². The Morgan fingerprint density at radius 2 is 1.89 bits per heavy atom. The van der Waals surface area contributed by atoms with Crippen LogP contribution in [-0.2, 0) is 0 Å². The van der Waals surface area contributed by atoms with Gasteiger partial charge in [0.1, 0.15) is 11.9 Å². The number of rotatable bonds is 2. The first-order chi connectivity index (χ1) is 9.25. The second-order valence-corrected chi connectivity index (χ2v) is 5.70. The molecule has 3 nitrogen and oxygen atoms in total. The maximum atomic E-state index is 13.0. The molecule has 1 aliphatic heterocycles. The summed E-state index contributed by atoms with van der Waals surface area (Å²) in [6.45, 7) is 0.616. The van der Waals surface area contributed by atoms with Gasteiger partial charge in [0, 0.05) is 18.5 Å². The van der Waals surface area contributed by atoms with Crippen LogP contribution in [0.25, 0.3) is 0 Å². The molecule has 0 amide bonds. The maximum absolute atomic E-state index is 13.0. The standard InChI is InChI=1S/C14H21F2N3/c15-14(16)12-7-8-17-13-9-11(18-19(12)13)10-5-3-1-2-4-6-10/h9-10,12,14,17H,1-8H2. The molecule has 1 saturated carbocycles. The number of halogens is 2. The Bertz CT molecular complexity index is 422. The summed E-state index contributed by atoms with van der Waals surface area (Å²) in [5.74, 6) is 1.23. The molecule has 106 valence electrons. The fraction of sp³-hybridized carbons (Fsp3) is 0.786. The van der Waals surface area contributed by atoms with Gasteiger partial charge >= 0.3 is 0 Å². The van der Waals surface area contributed by atoms with Gasteiger partial charge in [-0.1, -0.05) is 25.7 Å². The van der Waals surface area contributed by atoms with Gasteiger partial charge in [0.25, 0.3) is 6.43 Å². The van der Waals surface area contributed by atoms with Gasteiger partial charge in [-0.25, -0.2) is 13.5 Å². The van der Waals surface area contributed by atoms with Crippen LogP contribution in [0.5, 0.6) is 0 Å². The third kappa shape index (κ3) is 2.60. The summed E-state index contributed by atoms with van der Waals surface area (Å²) in [5.41, 5.74) is 1.01. The molecule has 0 saturated heterocycles. The van der Waals surface area contributed by atoms with E-state index >= 15 is 0 Å². The molecule has 1 unspecified atom stereocenters. The van der Waals surface area contributed by atoms with Gasteiger partial charge in [0.15, 0.2) is 0 Å². The van der Waals surface area contributed by atoms with Crippen molar-refractivity contribution in [2.75, 3.05) is 11.9 Å². The lowest BCUT2D eigenvalue weighted by Crippen LogP contribution is -2.28. The molecule has 19 heavy (non-hydrogen) atoms. The molecule has 0 aromatic carbocycles. The average Bonchev–Trinajstić information content (AvgIpc) is 2.65. The van der Waals surface area contributed by atoms with Gasteiger partial charge < -0.3 is 5.32 Å². The molecule has 2 aliphatic rings. The van der Waals surface area contributed by atoms with E-state index in [1.165, 1.54) is 30.4 Å². The van der Waals surface area contributed by atoms with Crippen molar-refractivity contribution in [1.82, 2.24) is 9.78 Å². The van der Waals surface area contributed by atoms with Crippen molar-refractivity contribution in [3.63, 3.8) is 0 Å². The van der Waals surface area contributed by atoms with Gasteiger partial charge in [0.05, 0.1) is 5.69 Å². The molecule has 0 radical (unpaired) electrons. The van der Waals surface area contributed by atoms with Crippen LogP contribution in [0.15, 0.2) is 6.07 Å². The van der Waals surface area contributed by atoms with Crippen molar-refractivity contribution in [3.05, 3.63) is 11.8 Å². The largest absolute Gasteiger partial charge is 0.370 e. The Kier molecular flexibility index (Phi) is 3.71. The highest BCUT2D eigenvalue weighted by Crippen LogP contribution is 2.35. The van der Waals surface area contributed by atoms with Crippen LogP contribution in [0.3, 0.4) is 0 Å². The van der Waals surface area contributed by atoms with Crippen molar-refractivity contribution in [3.8, 4) is 0 Å². The van der Waals surface area contributed by atoms with Crippen LogP contribution < -0.4 is 5.32 Å². The summed E-state index contributed by atoms with van der Waals surface area (Å²) in [6.07, 6.45) is 5.48. The smallest absolute Gasteiger partial charge is 0.260 e. The van der Waals surface area contributed by atoms with Crippen LogP contribution in [-0.4, -0.2) is 22.8 Å². The molecule has 1 fully saturated rings. The highest BCUT2D eigenvalue weighted by molar-refractivity contribution is 5.40. The summed E-state index contributed by atoms with van der Waals surface area (Å²) in [6, 6.07) is 1.24. The summed E-state index contributed by atoms with van der Waals surface area (Å²) in [5, 5.41) is 7.68. The molecule has 2 heterocycles. The Morgan fingerprint density at radius 1 is 1.16 bits per heavy atom. The number of anilines is 1. The van der Waals surface area contributed by atoms with Gasteiger partial charge in [-0.05, 0) is 19.3 Å². The van der Waals surface area contributed by atoms with Gasteiger partial charge in [-0.2, -0.15) is 5.10 Å². The Labute approximate surface area is 112 Å². The molecule has 0 spiro atoms. The zero-order valence-electron chi connectivity index (χ0n) is 11.1. The summed E-state index contributed by atoms with van der Waals surface area (Å²) >= 11 is 0. The lowest BCUT2D eigenvalue weighted by atomic mass is 9.97. The van der Waals surface area contributed by atoms with E-state index in [0.29, 0.717) is 18.9 Å². The quantitative estimate of drug-likeness (QED) is 0.824. The lowest BCUT2D eigenvalue weighted by Gasteiger charge is -2.24. The predicted molar refractivity (Wildman–Crippen MR) is 70.8 cm³/mol. The van der Waals surface area contributed by atoms with Crippen LogP contribution in [0.4, 0.5) is 14.6 Å². The summed E-state index contributed by atoms with van der Waals surface area (Å²) < 4.78 is 27.6. The van der Waals surface area contributed by atoms with Crippen molar-refractivity contribution in [1.29, 1.82) is 0 Å². The molecular weight excluding hydrogens is 248 g/mol. The zero-order valence-corrected chi connectivity index (χ0v) is 11.1. The minimum absolute atomic E-state index is 0.455. The van der Waals surface area contributed by atoms with E-state index in [9.17, 15) is 8.78 Å². The van der Waals surface area contributed by atoms with Crippen molar-refractivity contribution in [2.45, 2.75) is 63.3 Å². The third-order valence-corrected chi connectivity index (χ3v) is 4.38. The highest BCUT2D eigenvalue weighted by Gasteiger charge is 2.30. The van der Waals surface area contributed by atoms with E-state index in [1.54, 1.807) is 0 Å². The predicted octanol–water partition coefficient (Wildman–Crippen LogP) is 3.94. The van der Waals surface area contributed by atoms with E-state index in [1.807, 2.05) is 6.07 Å². The fourth-order valence-corrected chi connectivity index (χ4v) is 3.28. The summed E-state index contributed by atoms with van der Waals surface area (Å²) in [7, 11) is 0. The summed E-state index contributed by atoms with van der Waals surface area (Å²) in [4.78, 5) is 0. The lowest BCUT2D eigenvalue weighted by molar-refractivity contribution is 0.0712. The minimum Gasteiger partial charge on any atom is -0.370 e. The average molecular weight is 269 g/mol.